The third-order valence-corrected chi connectivity index (χ3v) is 6.45. The summed E-state index contributed by atoms with van der Waals surface area (Å²) in [5, 5.41) is 0. The molecule has 2 aromatic carbocycles. The lowest BCUT2D eigenvalue weighted by Crippen LogP contribution is -2.41. The average molecular weight is 437 g/mol. The number of sulfonamides is 1. The van der Waals surface area contributed by atoms with Crippen molar-refractivity contribution in [2.75, 3.05) is 39.5 Å². The molecular weight excluding hydrogens is 413 g/mol. The number of benzene rings is 2. The maximum absolute atomic E-state index is 14.2. The second kappa shape index (κ2) is 9.55. The lowest BCUT2D eigenvalue weighted by atomic mass is 10.1. The zero-order valence-corrected chi connectivity index (χ0v) is 17.7. The zero-order chi connectivity index (χ0) is 21.7. The number of carbonyl (C=O) groups is 1. The molecule has 162 valence electrons. The van der Waals surface area contributed by atoms with Crippen molar-refractivity contribution in [1.82, 2.24) is 4.31 Å². The van der Waals surface area contributed by atoms with E-state index < -0.39 is 26.7 Å². The molecule has 3 rings (SSSR count). The van der Waals surface area contributed by atoms with E-state index in [1.807, 2.05) is 32.0 Å². The first-order chi connectivity index (χ1) is 14.3. The molecule has 1 aliphatic heterocycles. The highest BCUT2D eigenvalue weighted by Crippen LogP contribution is 2.22. The summed E-state index contributed by atoms with van der Waals surface area (Å²) in [4.78, 5) is 11.8. The third-order valence-electron chi connectivity index (χ3n) is 4.54. The fourth-order valence-electron chi connectivity index (χ4n) is 3.15. The largest absolute Gasteiger partial charge is 0.490 e. The minimum atomic E-state index is -4.07. The number of rotatable bonds is 7. The highest BCUT2D eigenvalue weighted by Gasteiger charge is 2.30. The van der Waals surface area contributed by atoms with Crippen LogP contribution in [-0.4, -0.2) is 58.2 Å². The first-order valence-corrected chi connectivity index (χ1v) is 11.0. The highest BCUT2D eigenvalue weighted by atomic mass is 32.2. The van der Waals surface area contributed by atoms with Gasteiger partial charge in [0.15, 0.2) is 0 Å². The Bertz CT molecular complexity index is 998. The number of carbonyl (C=O) groups excluding carboxylic acids is 1. The van der Waals surface area contributed by atoms with Gasteiger partial charge in [0.05, 0.1) is 18.8 Å². The van der Waals surface area contributed by atoms with E-state index in [1.54, 1.807) is 0 Å². The van der Waals surface area contributed by atoms with Crippen molar-refractivity contribution < 1.29 is 31.8 Å². The molecule has 9 heteroatoms. The van der Waals surface area contributed by atoms with Crippen molar-refractivity contribution in [2.24, 2.45) is 0 Å². The molecule has 2 aromatic rings. The maximum Gasteiger partial charge on any atom is 0.338 e. The lowest BCUT2D eigenvalue weighted by molar-refractivity contribution is 0.0450. The van der Waals surface area contributed by atoms with E-state index in [-0.39, 0.29) is 45.1 Å². The highest BCUT2D eigenvalue weighted by molar-refractivity contribution is 7.89. The van der Waals surface area contributed by atoms with E-state index in [2.05, 4.69) is 0 Å². The summed E-state index contributed by atoms with van der Waals surface area (Å²) in [5.41, 5.74) is 2.07. The number of halogens is 1. The second-order valence-corrected chi connectivity index (χ2v) is 8.88. The Kier molecular flexibility index (Phi) is 7.06. The van der Waals surface area contributed by atoms with Crippen LogP contribution in [0.3, 0.4) is 0 Å². The quantitative estimate of drug-likeness (QED) is 0.489. The molecule has 1 saturated heterocycles. The molecule has 0 spiro atoms. The summed E-state index contributed by atoms with van der Waals surface area (Å²) < 4.78 is 56.7. The summed E-state index contributed by atoms with van der Waals surface area (Å²) in [5.74, 6) is -1.00. The van der Waals surface area contributed by atoms with Crippen LogP contribution >= 0.6 is 0 Å². The van der Waals surface area contributed by atoms with Crippen molar-refractivity contribution in [1.29, 1.82) is 0 Å². The molecule has 0 unspecified atom stereocenters. The normalized spacial score (nSPS) is 15.0. The predicted molar refractivity (Wildman–Crippen MR) is 108 cm³/mol. The van der Waals surface area contributed by atoms with Crippen LogP contribution < -0.4 is 4.74 Å². The van der Waals surface area contributed by atoms with Crippen LogP contribution in [0.1, 0.15) is 21.5 Å². The van der Waals surface area contributed by atoms with Crippen LogP contribution in [0.15, 0.2) is 41.3 Å². The molecule has 1 heterocycles. The Balaban J connectivity index is 1.63. The molecule has 1 aliphatic rings. The summed E-state index contributed by atoms with van der Waals surface area (Å²) in [6.07, 6.45) is 0. The Morgan fingerprint density at radius 3 is 2.40 bits per heavy atom. The van der Waals surface area contributed by atoms with E-state index in [1.165, 1.54) is 6.07 Å². The van der Waals surface area contributed by atoms with E-state index in [0.717, 1.165) is 27.6 Å². The molecule has 0 aliphatic carbocycles. The molecule has 30 heavy (non-hydrogen) atoms. The van der Waals surface area contributed by atoms with Crippen molar-refractivity contribution >= 4 is 16.0 Å². The third kappa shape index (κ3) is 5.35. The minimum absolute atomic E-state index is 0.0330. The number of morpholine rings is 1. The van der Waals surface area contributed by atoms with Gasteiger partial charge in [0.1, 0.15) is 29.7 Å². The number of ether oxygens (including phenoxy) is 3. The molecule has 7 nitrogen and oxygen atoms in total. The van der Waals surface area contributed by atoms with Gasteiger partial charge in [-0.25, -0.2) is 17.6 Å². The van der Waals surface area contributed by atoms with Crippen LogP contribution in [0.5, 0.6) is 5.75 Å². The van der Waals surface area contributed by atoms with Crippen molar-refractivity contribution in [3.05, 3.63) is 58.9 Å². The summed E-state index contributed by atoms with van der Waals surface area (Å²) in [6, 6.07) is 8.92. The van der Waals surface area contributed by atoms with E-state index in [9.17, 15) is 17.6 Å². The van der Waals surface area contributed by atoms with Crippen molar-refractivity contribution in [3.63, 3.8) is 0 Å². The zero-order valence-electron chi connectivity index (χ0n) is 16.9. The van der Waals surface area contributed by atoms with Gasteiger partial charge in [-0.1, -0.05) is 6.07 Å². The smallest absolute Gasteiger partial charge is 0.338 e. The van der Waals surface area contributed by atoms with Gasteiger partial charge >= 0.3 is 5.97 Å². The molecule has 0 N–H and O–H groups in total. The SMILES string of the molecule is Cc1cc(C)cc(OCCOC(=O)c2ccc(F)c(S(=O)(=O)N3CCOCC3)c2)c1. The Hall–Kier alpha value is -2.49. The van der Waals surface area contributed by atoms with Crippen molar-refractivity contribution in [3.8, 4) is 5.75 Å². The topological polar surface area (TPSA) is 82.1 Å². The minimum Gasteiger partial charge on any atom is -0.490 e. The van der Waals surface area contributed by atoms with Gasteiger partial charge in [0.25, 0.3) is 0 Å². The Morgan fingerprint density at radius 1 is 1.07 bits per heavy atom. The number of nitrogens with zero attached hydrogens (tertiary/aromatic N) is 1. The number of aryl methyl sites for hydroxylation is 2. The van der Waals surface area contributed by atoms with Crippen LogP contribution in [-0.2, 0) is 19.5 Å². The Morgan fingerprint density at radius 2 is 1.73 bits per heavy atom. The van der Waals surface area contributed by atoms with Crippen molar-refractivity contribution in [2.45, 2.75) is 18.7 Å². The van der Waals surface area contributed by atoms with Gasteiger partial charge in [0, 0.05) is 13.1 Å². The first kappa shape index (κ1) is 22.2. The molecule has 0 saturated carbocycles. The molecule has 0 bridgehead atoms. The van der Waals surface area contributed by atoms with Gasteiger partial charge in [0.2, 0.25) is 10.0 Å². The predicted octanol–water partition coefficient (Wildman–Crippen LogP) is 2.70. The molecule has 0 radical (unpaired) electrons. The number of esters is 1. The van der Waals surface area contributed by atoms with Gasteiger partial charge < -0.3 is 14.2 Å². The lowest BCUT2D eigenvalue weighted by Gasteiger charge is -2.26. The van der Waals surface area contributed by atoms with Crippen LogP contribution in [0, 0.1) is 19.7 Å². The molecule has 0 atom stereocenters. The van der Waals surface area contributed by atoms with Gasteiger partial charge in [-0.2, -0.15) is 4.31 Å². The molecule has 0 aromatic heterocycles. The van der Waals surface area contributed by atoms with Gasteiger partial charge in [-0.15, -0.1) is 0 Å². The van der Waals surface area contributed by atoms with E-state index in [0.29, 0.717) is 5.75 Å². The van der Waals surface area contributed by atoms with Crippen LogP contribution in [0.4, 0.5) is 4.39 Å². The summed E-state index contributed by atoms with van der Waals surface area (Å²) >= 11 is 0. The fourth-order valence-corrected chi connectivity index (χ4v) is 4.65. The van der Waals surface area contributed by atoms with Crippen LogP contribution in [0.25, 0.3) is 0 Å². The molecule has 1 fully saturated rings. The van der Waals surface area contributed by atoms with E-state index in [4.69, 9.17) is 14.2 Å². The van der Waals surface area contributed by atoms with Gasteiger partial charge in [-0.3, -0.25) is 0 Å². The monoisotopic (exact) mass is 437 g/mol. The number of hydrogen-bond acceptors (Lipinski definition) is 6. The van der Waals surface area contributed by atoms with Crippen LogP contribution in [0.2, 0.25) is 0 Å². The fraction of sp³-hybridized carbons (Fsp3) is 0.381. The standard InChI is InChI=1S/C21H24FNO6S/c1-15-11-16(2)13-18(12-15)28-9-10-29-21(24)17-3-4-19(22)20(14-17)30(25,26)23-5-7-27-8-6-23/h3-4,11-14H,5-10H2,1-2H3. The number of hydrogen-bond donors (Lipinski definition) is 0. The first-order valence-electron chi connectivity index (χ1n) is 9.53. The average Bonchev–Trinajstić information content (AvgIpc) is 2.71. The van der Waals surface area contributed by atoms with Gasteiger partial charge in [-0.05, 0) is 55.3 Å². The molecule has 0 amide bonds. The Labute approximate surface area is 175 Å². The maximum atomic E-state index is 14.2. The van der Waals surface area contributed by atoms with E-state index >= 15 is 0 Å². The second-order valence-electron chi connectivity index (χ2n) is 6.97. The summed E-state index contributed by atoms with van der Waals surface area (Å²) in [7, 11) is -4.07. The molecular formula is C21H24FNO6S. The summed E-state index contributed by atoms with van der Waals surface area (Å²) in [6.45, 7) is 4.75.